The van der Waals surface area contributed by atoms with Gasteiger partial charge in [0.15, 0.2) is 0 Å². The van der Waals surface area contributed by atoms with Crippen LogP contribution >= 0.6 is 0 Å². The molecular weight excluding hydrogens is 320 g/mol. The zero-order valence-corrected chi connectivity index (χ0v) is 13.6. The van der Waals surface area contributed by atoms with Gasteiger partial charge in [0.2, 0.25) is 5.82 Å². The summed E-state index contributed by atoms with van der Waals surface area (Å²) in [4.78, 5) is 16.6. The summed E-state index contributed by atoms with van der Waals surface area (Å²) in [6.45, 7) is 1.97. The fourth-order valence-corrected chi connectivity index (χ4v) is 2.66. The first kappa shape index (κ1) is 15.1. The van der Waals surface area contributed by atoms with Crippen molar-refractivity contribution in [2.75, 3.05) is 7.11 Å². The van der Waals surface area contributed by atoms with Gasteiger partial charge in [0.05, 0.1) is 12.7 Å². The van der Waals surface area contributed by atoms with Crippen LogP contribution in [0, 0.1) is 6.92 Å². The Bertz CT molecular complexity index is 1130. The molecule has 0 aliphatic rings. The topological polar surface area (TPSA) is 78.4 Å². The van der Waals surface area contributed by atoms with Crippen molar-refractivity contribution >= 4 is 11.0 Å². The van der Waals surface area contributed by atoms with E-state index in [9.17, 15) is 4.79 Å². The number of aryl methyl sites for hydroxylation is 1. The molecule has 0 N–H and O–H groups in total. The monoisotopic (exact) mass is 334 g/mol. The van der Waals surface area contributed by atoms with Crippen LogP contribution in [-0.2, 0) is 0 Å². The van der Waals surface area contributed by atoms with Crippen LogP contribution in [0.2, 0.25) is 0 Å². The summed E-state index contributed by atoms with van der Waals surface area (Å²) in [5, 5.41) is 4.76. The normalized spacial score (nSPS) is 11.0. The molecule has 0 bridgehead atoms. The number of ether oxygens (including phenoxy) is 1. The van der Waals surface area contributed by atoms with E-state index in [-0.39, 0.29) is 11.5 Å². The Morgan fingerprint density at radius 1 is 1.04 bits per heavy atom. The Morgan fingerprint density at radius 2 is 1.88 bits per heavy atom. The molecule has 6 nitrogen and oxygen atoms in total. The van der Waals surface area contributed by atoms with Gasteiger partial charge in [-0.3, -0.25) is 0 Å². The number of aromatic nitrogens is 2. The highest BCUT2D eigenvalue weighted by atomic mass is 16.5. The van der Waals surface area contributed by atoms with Crippen molar-refractivity contribution in [3.8, 4) is 28.6 Å². The van der Waals surface area contributed by atoms with Gasteiger partial charge in [-0.2, -0.15) is 4.98 Å². The van der Waals surface area contributed by atoms with Crippen molar-refractivity contribution in [1.29, 1.82) is 0 Å². The molecule has 2 aromatic heterocycles. The highest BCUT2D eigenvalue weighted by Gasteiger charge is 2.17. The Morgan fingerprint density at radius 3 is 2.72 bits per heavy atom. The summed E-state index contributed by atoms with van der Waals surface area (Å²) < 4.78 is 15.9. The minimum atomic E-state index is -0.522. The van der Waals surface area contributed by atoms with Crippen LogP contribution < -0.4 is 10.4 Å². The van der Waals surface area contributed by atoms with Gasteiger partial charge in [-0.05, 0) is 37.3 Å². The number of fused-ring (bicyclic) bond motifs is 1. The Balaban J connectivity index is 1.84. The average molecular weight is 334 g/mol. The first-order valence-electron chi connectivity index (χ1n) is 7.67. The molecule has 0 aliphatic heterocycles. The molecule has 4 aromatic rings. The molecule has 25 heavy (non-hydrogen) atoms. The number of benzene rings is 2. The maximum Gasteiger partial charge on any atom is 0.349 e. The second kappa shape index (κ2) is 5.90. The molecule has 0 unspecified atom stereocenters. The van der Waals surface area contributed by atoms with E-state index in [0.717, 1.165) is 10.9 Å². The highest BCUT2D eigenvalue weighted by Crippen LogP contribution is 2.29. The summed E-state index contributed by atoms with van der Waals surface area (Å²) in [7, 11) is 1.57. The number of nitrogens with zero attached hydrogens (tertiary/aromatic N) is 2. The van der Waals surface area contributed by atoms with Gasteiger partial charge in [0.1, 0.15) is 16.9 Å². The molecular formula is C19H14N2O4. The molecule has 6 heteroatoms. The van der Waals surface area contributed by atoms with E-state index in [1.165, 1.54) is 0 Å². The largest absolute Gasteiger partial charge is 0.496 e. The van der Waals surface area contributed by atoms with E-state index >= 15 is 0 Å². The number of rotatable bonds is 3. The quantitative estimate of drug-likeness (QED) is 0.530. The van der Waals surface area contributed by atoms with Crippen LogP contribution in [0.4, 0.5) is 0 Å². The minimum absolute atomic E-state index is 0.109. The van der Waals surface area contributed by atoms with Crippen molar-refractivity contribution in [3.63, 3.8) is 0 Å². The lowest BCUT2D eigenvalue weighted by Gasteiger charge is -2.03. The van der Waals surface area contributed by atoms with Gasteiger partial charge in [-0.15, -0.1) is 0 Å². The SMILES string of the molecule is COc1ccccc1-c1noc(-c2cc3cc(C)ccc3oc2=O)n1. The number of hydrogen-bond acceptors (Lipinski definition) is 6. The molecule has 0 fully saturated rings. The van der Waals surface area contributed by atoms with Crippen LogP contribution in [0.25, 0.3) is 33.8 Å². The maximum absolute atomic E-state index is 12.3. The molecule has 0 spiro atoms. The third-order valence-corrected chi connectivity index (χ3v) is 3.89. The smallest absolute Gasteiger partial charge is 0.349 e. The third kappa shape index (κ3) is 2.67. The molecule has 0 saturated carbocycles. The Labute approximate surface area is 142 Å². The lowest BCUT2D eigenvalue weighted by Crippen LogP contribution is -2.03. The molecule has 4 rings (SSSR count). The average Bonchev–Trinajstić information content (AvgIpc) is 3.11. The van der Waals surface area contributed by atoms with Crippen LogP contribution in [0.3, 0.4) is 0 Å². The van der Waals surface area contributed by atoms with Gasteiger partial charge in [-0.1, -0.05) is 28.9 Å². The molecule has 0 amide bonds. The number of methoxy groups -OCH3 is 1. The fourth-order valence-electron chi connectivity index (χ4n) is 2.66. The predicted molar refractivity (Wildman–Crippen MR) is 92.5 cm³/mol. The fraction of sp³-hybridized carbons (Fsp3) is 0.105. The van der Waals surface area contributed by atoms with Crippen molar-refractivity contribution in [2.24, 2.45) is 0 Å². The Hall–Kier alpha value is -3.41. The van der Waals surface area contributed by atoms with E-state index in [2.05, 4.69) is 10.1 Å². The van der Waals surface area contributed by atoms with Crippen molar-refractivity contribution in [2.45, 2.75) is 6.92 Å². The predicted octanol–water partition coefficient (Wildman–Crippen LogP) is 3.83. The first-order chi connectivity index (χ1) is 12.2. The van der Waals surface area contributed by atoms with E-state index in [4.69, 9.17) is 13.7 Å². The van der Waals surface area contributed by atoms with E-state index in [1.54, 1.807) is 25.3 Å². The van der Waals surface area contributed by atoms with Crippen molar-refractivity contribution in [3.05, 3.63) is 64.5 Å². The highest BCUT2D eigenvalue weighted by molar-refractivity contribution is 5.81. The maximum atomic E-state index is 12.3. The van der Waals surface area contributed by atoms with Crippen LogP contribution in [0.1, 0.15) is 5.56 Å². The van der Waals surface area contributed by atoms with Gasteiger partial charge in [0.25, 0.3) is 5.89 Å². The Kier molecular flexibility index (Phi) is 3.57. The lowest BCUT2D eigenvalue weighted by molar-refractivity contribution is 0.413. The van der Waals surface area contributed by atoms with Crippen molar-refractivity contribution in [1.82, 2.24) is 10.1 Å². The zero-order valence-electron chi connectivity index (χ0n) is 13.6. The van der Waals surface area contributed by atoms with Gasteiger partial charge >= 0.3 is 5.63 Å². The molecule has 2 heterocycles. The van der Waals surface area contributed by atoms with Gasteiger partial charge in [-0.25, -0.2) is 4.79 Å². The molecule has 0 saturated heterocycles. The summed E-state index contributed by atoms with van der Waals surface area (Å²) in [5.41, 5.74) is 1.97. The summed E-state index contributed by atoms with van der Waals surface area (Å²) in [5.74, 6) is 1.07. The third-order valence-electron chi connectivity index (χ3n) is 3.89. The second-order valence-electron chi connectivity index (χ2n) is 5.61. The summed E-state index contributed by atoms with van der Waals surface area (Å²) >= 11 is 0. The number of hydrogen-bond donors (Lipinski definition) is 0. The van der Waals surface area contributed by atoms with Crippen molar-refractivity contribution < 1.29 is 13.7 Å². The molecule has 0 radical (unpaired) electrons. The van der Waals surface area contributed by atoms with Crippen LogP contribution in [0.5, 0.6) is 5.75 Å². The lowest BCUT2D eigenvalue weighted by atomic mass is 10.1. The van der Waals surface area contributed by atoms with Crippen LogP contribution in [-0.4, -0.2) is 17.3 Å². The van der Waals surface area contributed by atoms with Gasteiger partial charge in [0, 0.05) is 5.39 Å². The van der Waals surface area contributed by atoms with Gasteiger partial charge < -0.3 is 13.7 Å². The van der Waals surface area contributed by atoms with E-state index < -0.39 is 5.63 Å². The van der Waals surface area contributed by atoms with E-state index in [1.807, 2.05) is 37.3 Å². The minimum Gasteiger partial charge on any atom is -0.496 e. The number of para-hydroxylation sites is 1. The van der Waals surface area contributed by atoms with Crippen LogP contribution in [0.15, 0.2) is 62.3 Å². The standard InChI is InChI=1S/C19H14N2O4/c1-11-7-8-15-12(9-11)10-14(19(22)24-15)18-20-17(21-25-18)13-5-3-4-6-16(13)23-2/h3-10H,1-2H3. The molecule has 0 aliphatic carbocycles. The zero-order chi connectivity index (χ0) is 17.4. The first-order valence-corrected chi connectivity index (χ1v) is 7.67. The summed E-state index contributed by atoms with van der Waals surface area (Å²) in [6.07, 6.45) is 0. The second-order valence-corrected chi connectivity index (χ2v) is 5.61. The molecule has 2 aromatic carbocycles. The van der Waals surface area contributed by atoms with E-state index in [0.29, 0.717) is 22.7 Å². The summed E-state index contributed by atoms with van der Waals surface area (Å²) in [6, 6.07) is 14.6. The molecule has 0 atom stereocenters. The molecule has 124 valence electrons.